The Labute approximate surface area is 157 Å². The van der Waals surface area contributed by atoms with E-state index < -0.39 is 22.7 Å². The van der Waals surface area contributed by atoms with Crippen LogP contribution in [0.3, 0.4) is 0 Å². The van der Waals surface area contributed by atoms with Crippen molar-refractivity contribution in [1.82, 2.24) is 19.6 Å². The molecule has 0 saturated heterocycles. The fraction of sp³-hybridized carbons (Fsp3) is 0.188. The zero-order valence-corrected chi connectivity index (χ0v) is 14.8. The van der Waals surface area contributed by atoms with Crippen molar-refractivity contribution in [3.8, 4) is 0 Å². The lowest BCUT2D eigenvalue weighted by Gasteiger charge is -2.11. The molecule has 1 atom stereocenters. The maximum atomic E-state index is 13.9. The van der Waals surface area contributed by atoms with Gasteiger partial charge in [0.05, 0.1) is 23.4 Å². The van der Waals surface area contributed by atoms with Crippen LogP contribution in [-0.2, 0) is 11.3 Å². The normalized spacial score (nSPS) is 12.0. The summed E-state index contributed by atoms with van der Waals surface area (Å²) in [5, 5.41) is 21.5. The molecule has 27 heavy (non-hydrogen) atoms. The van der Waals surface area contributed by atoms with Crippen LogP contribution in [0.2, 0.25) is 5.02 Å². The molecule has 140 valence electrons. The number of rotatable bonds is 6. The molecule has 9 nitrogen and oxygen atoms in total. The number of hydrogen-bond donors (Lipinski definition) is 1. The lowest BCUT2D eigenvalue weighted by molar-refractivity contribution is -0.385. The predicted molar refractivity (Wildman–Crippen MR) is 95.0 cm³/mol. The second-order valence-electron chi connectivity index (χ2n) is 5.73. The van der Waals surface area contributed by atoms with E-state index >= 15 is 0 Å². The number of hydrogen-bond acceptors (Lipinski definition) is 5. The summed E-state index contributed by atoms with van der Waals surface area (Å²) < 4.78 is 16.5. The highest BCUT2D eigenvalue weighted by Gasteiger charge is 2.19. The fourth-order valence-corrected chi connectivity index (χ4v) is 2.58. The fourth-order valence-electron chi connectivity index (χ4n) is 2.36. The molecule has 2 heterocycles. The van der Waals surface area contributed by atoms with Crippen LogP contribution in [-0.4, -0.2) is 30.4 Å². The Morgan fingerprint density at radius 1 is 1.37 bits per heavy atom. The molecule has 0 aliphatic carbocycles. The molecule has 0 fully saturated rings. The smallest absolute Gasteiger partial charge is 0.307 e. The largest absolute Gasteiger partial charge is 0.322 e. The van der Waals surface area contributed by atoms with Crippen LogP contribution in [0.15, 0.2) is 43.0 Å². The Morgan fingerprint density at radius 3 is 2.81 bits per heavy atom. The number of nitrogens with one attached hydrogen (secondary N) is 1. The molecule has 0 aliphatic heterocycles. The van der Waals surface area contributed by atoms with Crippen LogP contribution in [0, 0.1) is 15.9 Å². The summed E-state index contributed by atoms with van der Waals surface area (Å²) in [6.07, 6.45) is 5.18. The minimum absolute atomic E-state index is 0.0995. The van der Waals surface area contributed by atoms with Crippen LogP contribution in [0.25, 0.3) is 0 Å². The number of halogens is 2. The summed E-state index contributed by atoms with van der Waals surface area (Å²) in [6.45, 7) is 1.65. The van der Waals surface area contributed by atoms with Crippen molar-refractivity contribution in [1.29, 1.82) is 0 Å². The number of carbonyl (C=O) groups excluding carboxylic acids is 1. The summed E-state index contributed by atoms with van der Waals surface area (Å²) in [4.78, 5) is 22.4. The van der Waals surface area contributed by atoms with E-state index in [-0.39, 0.29) is 22.8 Å². The maximum Gasteiger partial charge on any atom is 0.307 e. The third-order valence-electron chi connectivity index (χ3n) is 3.86. The molecule has 3 rings (SSSR count). The Bertz CT molecular complexity index is 981. The molecular formula is C16H14ClFN6O3. The first kappa shape index (κ1) is 18.5. The van der Waals surface area contributed by atoms with Gasteiger partial charge in [-0.2, -0.15) is 10.2 Å². The monoisotopic (exact) mass is 392 g/mol. The minimum Gasteiger partial charge on any atom is -0.322 e. The lowest BCUT2D eigenvalue weighted by atomic mass is 10.2. The molecule has 3 aromatic rings. The summed E-state index contributed by atoms with van der Waals surface area (Å²) in [5.74, 6) is -0.881. The van der Waals surface area contributed by atoms with Gasteiger partial charge in [0.15, 0.2) is 0 Å². The summed E-state index contributed by atoms with van der Waals surface area (Å²) in [5.41, 5.74) is 0.475. The number of nitro groups is 1. The van der Waals surface area contributed by atoms with Gasteiger partial charge in [0.25, 0.3) is 0 Å². The van der Waals surface area contributed by atoms with Crippen molar-refractivity contribution in [2.45, 2.75) is 19.5 Å². The standard InChI is InChI=1S/C16H14ClFN6O3/c1-10(23-8-12(6-20-23)24(26)27)16(25)21-11-5-19-22(7-11)9-13-14(17)3-2-4-15(13)18/h2-8,10H,9H2,1H3,(H,21,25)/t10-/m0/s1. The first-order chi connectivity index (χ1) is 12.8. The van der Waals surface area contributed by atoms with Crippen molar-refractivity contribution in [3.05, 3.63) is 69.5 Å². The van der Waals surface area contributed by atoms with Crippen LogP contribution >= 0.6 is 11.6 Å². The quantitative estimate of drug-likeness (QED) is 0.512. The van der Waals surface area contributed by atoms with E-state index in [9.17, 15) is 19.3 Å². The third kappa shape index (κ3) is 4.11. The molecule has 0 spiro atoms. The lowest BCUT2D eigenvalue weighted by Crippen LogP contribution is -2.23. The van der Waals surface area contributed by atoms with E-state index in [1.165, 1.54) is 40.1 Å². The second-order valence-corrected chi connectivity index (χ2v) is 6.13. The first-order valence-electron chi connectivity index (χ1n) is 7.80. The van der Waals surface area contributed by atoms with Crippen molar-refractivity contribution in [2.75, 3.05) is 5.32 Å². The van der Waals surface area contributed by atoms with Gasteiger partial charge in [0.2, 0.25) is 5.91 Å². The highest BCUT2D eigenvalue weighted by Crippen LogP contribution is 2.21. The number of anilines is 1. The summed E-state index contributed by atoms with van der Waals surface area (Å²) in [7, 11) is 0. The number of amides is 1. The van der Waals surface area contributed by atoms with Gasteiger partial charge in [-0.3, -0.25) is 24.3 Å². The van der Waals surface area contributed by atoms with E-state index in [0.717, 1.165) is 6.20 Å². The molecule has 0 bridgehead atoms. The van der Waals surface area contributed by atoms with Gasteiger partial charge in [0.1, 0.15) is 24.3 Å². The number of carbonyl (C=O) groups is 1. The molecule has 0 aliphatic rings. The number of nitrogens with zero attached hydrogens (tertiary/aromatic N) is 5. The SMILES string of the molecule is C[C@@H](C(=O)Nc1cnn(Cc2c(F)cccc2Cl)c1)n1cc([N+](=O)[O-])cn1. The van der Waals surface area contributed by atoms with Gasteiger partial charge in [-0.05, 0) is 19.1 Å². The molecular weight excluding hydrogens is 379 g/mol. The maximum absolute atomic E-state index is 13.9. The van der Waals surface area contributed by atoms with Gasteiger partial charge in [0, 0.05) is 16.8 Å². The van der Waals surface area contributed by atoms with E-state index in [0.29, 0.717) is 5.69 Å². The Morgan fingerprint density at radius 2 is 2.15 bits per heavy atom. The van der Waals surface area contributed by atoms with Crippen molar-refractivity contribution >= 4 is 28.9 Å². The highest BCUT2D eigenvalue weighted by atomic mass is 35.5. The van der Waals surface area contributed by atoms with Gasteiger partial charge >= 0.3 is 5.69 Å². The molecule has 0 saturated carbocycles. The zero-order valence-electron chi connectivity index (χ0n) is 14.0. The van der Waals surface area contributed by atoms with E-state index in [4.69, 9.17) is 11.6 Å². The third-order valence-corrected chi connectivity index (χ3v) is 4.21. The van der Waals surface area contributed by atoms with Crippen LogP contribution in [0.4, 0.5) is 15.8 Å². The highest BCUT2D eigenvalue weighted by molar-refractivity contribution is 6.31. The van der Waals surface area contributed by atoms with E-state index in [2.05, 4.69) is 15.5 Å². The molecule has 1 amide bonds. The van der Waals surface area contributed by atoms with Gasteiger partial charge < -0.3 is 5.32 Å². The molecule has 11 heteroatoms. The minimum atomic E-state index is -0.775. The first-order valence-corrected chi connectivity index (χ1v) is 8.17. The average Bonchev–Trinajstić information content (AvgIpc) is 3.27. The molecule has 1 aromatic carbocycles. The van der Waals surface area contributed by atoms with Crippen molar-refractivity contribution < 1.29 is 14.1 Å². The molecule has 0 radical (unpaired) electrons. The van der Waals surface area contributed by atoms with E-state index in [1.54, 1.807) is 13.0 Å². The van der Waals surface area contributed by atoms with E-state index in [1.807, 2.05) is 0 Å². The van der Waals surface area contributed by atoms with Gasteiger partial charge in [-0.1, -0.05) is 17.7 Å². The summed E-state index contributed by atoms with van der Waals surface area (Å²) in [6, 6.07) is 3.62. The molecule has 0 unspecified atom stereocenters. The Balaban J connectivity index is 1.67. The second kappa shape index (κ2) is 7.54. The Hall–Kier alpha value is -3.27. The predicted octanol–water partition coefficient (Wildman–Crippen LogP) is 3.03. The molecule has 2 aromatic heterocycles. The van der Waals surface area contributed by atoms with Gasteiger partial charge in [-0.25, -0.2) is 4.39 Å². The van der Waals surface area contributed by atoms with Crippen LogP contribution in [0.5, 0.6) is 0 Å². The van der Waals surface area contributed by atoms with Crippen molar-refractivity contribution in [3.63, 3.8) is 0 Å². The summed E-state index contributed by atoms with van der Waals surface area (Å²) >= 11 is 6.00. The van der Waals surface area contributed by atoms with Crippen LogP contribution < -0.4 is 5.32 Å². The number of benzene rings is 1. The van der Waals surface area contributed by atoms with Crippen molar-refractivity contribution in [2.24, 2.45) is 0 Å². The average molecular weight is 393 g/mol. The molecule has 1 N–H and O–H groups in total. The number of aromatic nitrogens is 4. The Kier molecular flexibility index (Phi) is 5.17. The topological polar surface area (TPSA) is 108 Å². The van der Waals surface area contributed by atoms with Gasteiger partial charge in [-0.15, -0.1) is 0 Å². The van der Waals surface area contributed by atoms with Crippen LogP contribution in [0.1, 0.15) is 18.5 Å². The zero-order chi connectivity index (χ0) is 19.6.